The SMILES string of the molecule is Fc1ccc(C2CC(c3cccs3)=Nc3nc4ccccc4n32)cc1. The van der Waals surface area contributed by atoms with Crippen LogP contribution in [0.3, 0.4) is 0 Å². The number of para-hydroxylation sites is 2. The van der Waals surface area contributed by atoms with E-state index >= 15 is 0 Å². The lowest BCUT2D eigenvalue weighted by Gasteiger charge is -2.25. The van der Waals surface area contributed by atoms with Crippen LogP contribution in [0.2, 0.25) is 0 Å². The van der Waals surface area contributed by atoms with Crippen LogP contribution in [0.5, 0.6) is 0 Å². The molecule has 0 spiro atoms. The number of rotatable bonds is 2. The molecule has 2 aromatic heterocycles. The fourth-order valence-electron chi connectivity index (χ4n) is 3.41. The van der Waals surface area contributed by atoms with Crippen molar-refractivity contribution in [1.82, 2.24) is 9.55 Å². The molecular formula is C20H14FN3S. The second-order valence-corrected chi connectivity index (χ2v) is 7.03. The molecule has 0 fully saturated rings. The Kier molecular flexibility index (Phi) is 3.28. The van der Waals surface area contributed by atoms with Crippen LogP contribution >= 0.6 is 11.3 Å². The second kappa shape index (κ2) is 5.63. The van der Waals surface area contributed by atoms with Gasteiger partial charge in [-0.25, -0.2) is 14.4 Å². The average molecular weight is 347 g/mol. The highest BCUT2D eigenvalue weighted by Crippen LogP contribution is 2.37. The molecule has 0 aliphatic carbocycles. The number of fused-ring (bicyclic) bond motifs is 3. The Morgan fingerprint density at radius 2 is 1.84 bits per heavy atom. The Balaban J connectivity index is 1.74. The van der Waals surface area contributed by atoms with Crippen molar-refractivity contribution in [2.75, 3.05) is 0 Å². The first-order valence-electron chi connectivity index (χ1n) is 8.13. The molecule has 1 atom stereocenters. The minimum atomic E-state index is -0.220. The minimum Gasteiger partial charge on any atom is -0.300 e. The topological polar surface area (TPSA) is 30.2 Å². The zero-order valence-electron chi connectivity index (χ0n) is 13.3. The van der Waals surface area contributed by atoms with E-state index < -0.39 is 0 Å². The molecular weight excluding hydrogens is 333 g/mol. The van der Waals surface area contributed by atoms with Crippen LogP contribution in [-0.4, -0.2) is 15.3 Å². The fraction of sp³-hybridized carbons (Fsp3) is 0.100. The quantitative estimate of drug-likeness (QED) is 0.481. The number of aliphatic imine (C=N–C) groups is 1. The van der Waals surface area contributed by atoms with Crippen LogP contribution in [0.4, 0.5) is 10.3 Å². The van der Waals surface area contributed by atoms with E-state index in [-0.39, 0.29) is 11.9 Å². The fourth-order valence-corrected chi connectivity index (χ4v) is 4.13. The molecule has 0 saturated heterocycles. The van der Waals surface area contributed by atoms with Gasteiger partial charge in [-0.3, -0.25) is 0 Å². The third kappa shape index (κ3) is 2.39. The van der Waals surface area contributed by atoms with Gasteiger partial charge in [0.25, 0.3) is 0 Å². The highest BCUT2D eigenvalue weighted by molar-refractivity contribution is 7.12. The number of halogens is 1. The number of aromatic nitrogens is 2. The summed E-state index contributed by atoms with van der Waals surface area (Å²) in [5.41, 5.74) is 4.09. The van der Waals surface area contributed by atoms with Crippen molar-refractivity contribution in [2.45, 2.75) is 12.5 Å². The van der Waals surface area contributed by atoms with E-state index in [0.29, 0.717) is 5.95 Å². The van der Waals surface area contributed by atoms with Crippen molar-refractivity contribution in [3.8, 4) is 0 Å². The number of hydrogen-bond acceptors (Lipinski definition) is 3. The molecule has 1 aliphatic heterocycles. The Morgan fingerprint density at radius 3 is 2.64 bits per heavy atom. The highest BCUT2D eigenvalue weighted by atomic mass is 32.1. The number of imidazole rings is 1. The summed E-state index contributed by atoms with van der Waals surface area (Å²) in [5, 5.41) is 2.06. The lowest BCUT2D eigenvalue weighted by atomic mass is 9.98. The molecule has 0 saturated carbocycles. The minimum absolute atomic E-state index is 0.0533. The predicted molar refractivity (Wildman–Crippen MR) is 99.4 cm³/mol. The van der Waals surface area contributed by atoms with E-state index in [1.165, 1.54) is 12.1 Å². The van der Waals surface area contributed by atoms with Gasteiger partial charge in [-0.05, 0) is 41.3 Å². The zero-order valence-corrected chi connectivity index (χ0v) is 14.1. The average Bonchev–Trinajstić information content (AvgIpc) is 3.29. The molecule has 5 heteroatoms. The van der Waals surface area contributed by atoms with E-state index in [9.17, 15) is 4.39 Å². The van der Waals surface area contributed by atoms with Gasteiger partial charge in [0.1, 0.15) is 5.82 Å². The van der Waals surface area contributed by atoms with E-state index in [1.807, 2.05) is 36.4 Å². The number of benzene rings is 2. The Morgan fingerprint density at radius 1 is 1.00 bits per heavy atom. The van der Waals surface area contributed by atoms with Crippen LogP contribution in [-0.2, 0) is 0 Å². The van der Waals surface area contributed by atoms with Gasteiger partial charge in [0.05, 0.1) is 22.8 Å². The molecule has 0 radical (unpaired) electrons. The summed E-state index contributed by atoms with van der Waals surface area (Å²) in [6.07, 6.45) is 0.763. The van der Waals surface area contributed by atoms with Crippen molar-refractivity contribution in [2.24, 2.45) is 4.99 Å². The lowest BCUT2D eigenvalue weighted by molar-refractivity contribution is 0.602. The predicted octanol–water partition coefficient (Wildman–Crippen LogP) is 5.35. The molecule has 3 nitrogen and oxygen atoms in total. The third-order valence-electron chi connectivity index (χ3n) is 4.57. The van der Waals surface area contributed by atoms with Gasteiger partial charge in [0.2, 0.25) is 5.95 Å². The van der Waals surface area contributed by atoms with Crippen LogP contribution in [0.25, 0.3) is 11.0 Å². The zero-order chi connectivity index (χ0) is 16.8. The van der Waals surface area contributed by atoms with Crippen LogP contribution < -0.4 is 0 Å². The van der Waals surface area contributed by atoms with Crippen molar-refractivity contribution < 1.29 is 4.39 Å². The van der Waals surface area contributed by atoms with Crippen molar-refractivity contribution >= 4 is 34.0 Å². The Bertz CT molecular complexity index is 1080. The molecule has 122 valence electrons. The molecule has 5 rings (SSSR count). The van der Waals surface area contributed by atoms with Crippen molar-refractivity contribution in [3.63, 3.8) is 0 Å². The Labute approximate surface area is 148 Å². The van der Waals surface area contributed by atoms with Crippen LogP contribution in [0.15, 0.2) is 71.0 Å². The van der Waals surface area contributed by atoms with Gasteiger partial charge < -0.3 is 4.57 Å². The van der Waals surface area contributed by atoms with E-state index in [1.54, 1.807) is 11.3 Å². The normalized spacial score (nSPS) is 16.7. The number of thiophene rings is 1. The summed E-state index contributed by atoms with van der Waals surface area (Å²) in [6, 6.07) is 19.0. The maximum absolute atomic E-state index is 13.4. The summed E-state index contributed by atoms with van der Waals surface area (Å²) in [7, 11) is 0. The maximum Gasteiger partial charge on any atom is 0.231 e. The maximum atomic E-state index is 13.4. The van der Waals surface area contributed by atoms with Crippen LogP contribution in [0.1, 0.15) is 22.9 Å². The standard InChI is InChI=1S/C20H14FN3S/c21-14-9-7-13(8-10-14)18-12-16(19-6-3-11-25-19)23-20-22-15-4-1-2-5-17(15)24(18)20/h1-11,18H,12H2. The summed E-state index contributed by atoms with van der Waals surface area (Å²) in [6.45, 7) is 0. The molecule has 3 heterocycles. The summed E-state index contributed by atoms with van der Waals surface area (Å²) in [5.74, 6) is 0.493. The summed E-state index contributed by atoms with van der Waals surface area (Å²) < 4.78 is 15.6. The molecule has 1 unspecified atom stereocenters. The van der Waals surface area contributed by atoms with E-state index in [4.69, 9.17) is 9.98 Å². The Hall–Kier alpha value is -2.79. The molecule has 0 N–H and O–H groups in total. The van der Waals surface area contributed by atoms with Gasteiger partial charge in [-0.15, -0.1) is 11.3 Å². The van der Waals surface area contributed by atoms with Gasteiger partial charge >= 0.3 is 0 Å². The molecule has 0 amide bonds. The summed E-state index contributed by atoms with van der Waals surface area (Å²) in [4.78, 5) is 10.7. The first-order valence-corrected chi connectivity index (χ1v) is 9.01. The second-order valence-electron chi connectivity index (χ2n) is 6.08. The number of hydrogen-bond donors (Lipinski definition) is 0. The smallest absolute Gasteiger partial charge is 0.231 e. The van der Waals surface area contributed by atoms with E-state index in [0.717, 1.165) is 33.6 Å². The number of nitrogens with zero attached hydrogens (tertiary/aromatic N) is 3. The molecule has 0 bridgehead atoms. The largest absolute Gasteiger partial charge is 0.300 e. The summed E-state index contributed by atoms with van der Waals surface area (Å²) >= 11 is 1.68. The third-order valence-corrected chi connectivity index (χ3v) is 5.49. The van der Waals surface area contributed by atoms with Crippen LogP contribution in [0, 0.1) is 5.82 Å². The van der Waals surface area contributed by atoms with Crippen molar-refractivity contribution in [3.05, 3.63) is 82.3 Å². The van der Waals surface area contributed by atoms with Gasteiger partial charge in [-0.1, -0.05) is 30.3 Å². The van der Waals surface area contributed by atoms with Crippen molar-refractivity contribution in [1.29, 1.82) is 0 Å². The monoisotopic (exact) mass is 347 g/mol. The molecule has 25 heavy (non-hydrogen) atoms. The highest BCUT2D eigenvalue weighted by Gasteiger charge is 2.27. The van der Waals surface area contributed by atoms with Gasteiger partial charge in [0, 0.05) is 11.3 Å². The molecule has 1 aliphatic rings. The van der Waals surface area contributed by atoms with E-state index in [2.05, 4.69) is 22.1 Å². The van der Waals surface area contributed by atoms with Gasteiger partial charge in [0.15, 0.2) is 0 Å². The van der Waals surface area contributed by atoms with Gasteiger partial charge in [-0.2, -0.15) is 0 Å². The molecule has 4 aromatic rings. The first kappa shape index (κ1) is 14.5. The molecule has 2 aromatic carbocycles. The lowest BCUT2D eigenvalue weighted by Crippen LogP contribution is -2.19. The first-order chi connectivity index (χ1) is 12.3.